The number of hydrogen-bond donors (Lipinski definition) is 1. The number of carbonyl (C=O) groups is 3. The van der Waals surface area contributed by atoms with E-state index < -0.39 is 0 Å². The summed E-state index contributed by atoms with van der Waals surface area (Å²) in [6, 6.07) is 5.63. The maximum atomic E-state index is 12.1. The van der Waals surface area contributed by atoms with E-state index in [2.05, 4.69) is 5.32 Å². The fourth-order valence-corrected chi connectivity index (χ4v) is 2.81. The molecular formula is C19H26N2O3. The lowest BCUT2D eigenvalue weighted by Crippen LogP contribution is -2.30. The second kappa shape index (κ2) is 8.62. The summed E-state index contributed by atoms with van der Waals surface area (Å²) in [6.45, 7) is 6.05. The predicted molar refractivity (Wildman–Crippen MR) is 92.9 cm³/mol. The van der Waals surface area contributed by atoms with Gasteiger partial charge in [-0.2, -0.15) is 0 Å². The van der Waals surface area contributed by atoms with E-state index in [1.807, 2.05) is 36.9 Å². The number of ketones is 1. The lowest BCUT2D eigenvalue weighted by molar-refractivity contribution is -0.127. The van der Waals surface area contributed by atoms with Gasteiger partial charge in [-0.25, -0.2) is 0 Å². The number of Topliss-reactive ketones (excluding diaryl/α,β-unsaturated/α-hetero) is 1. The minimum atomic E-state index is -0.111. The van der Waals surface area contributed by atoms with Crippen LogP contribution in [0.25, 0.3) is 0 Å². The Bertz CT molecular complexity index is 625. The van der Waals surface area contributed by atoms with E-state index in [9.17, 15) is 14.4 Å². The monoisotopic (exact) mass is 330 g/mol. The number of aryl methyl sites for hydroxylation is 2. The van der Waals surface area contributed by atoms with Crippen LogP contribution in [0.1, 0.15) is 53.6 Å². The van der Waals surface area contributed by atoms with Crippen molar-refractivity contribution in [2.75, 3.05) is 19.6 Å². The Morgan fingerprint density at radius 2 is 1.96 bits per heavy atom. The molecule has 1 aromatic rings. The third-order valence-corrected chi connectivity index (χ3v) is 4.51. The van der Waals surface area contributed by atoms with Crippen LogP contribution in [0.2, 0.25) is 0 Å². The van der Waals surface area contributed by atoms with E-state index in [1.165, 1.54) is 0 Å². The first-order chi connectivity index (χ1) is 11.5. The van der Waals surface area contributed by atoms with Gasteiger partial charge in [-0.1, -0.05) is 12.1 Å². The molecule has 0 aromatic heterocycles. The number of hydrogen-bond acceptors (Lipinski definition) is 3. The van der Waals surface area contributed by atoms with Gasteiger partial charge in [0.25, 0.3) is 0 Å². The average Bonchev–Trinajstić information content (AvgIpc) is 2.97. The van der Waals surface area contributed by atoms with Gasteiger partial charge in [-0.05, 0) is 43.9 Å². The molecule has 0 spiro atoms. The van der Waals surface area contributed by atoms with Gasteiger partial charge in [0.2, 0.25) is 11.8 Å². The Hall–Kier alpha value is -2.17. The highest BCUT2D eigenvalue weighted by atomic mass is 16.2. The molecule has 1 aromatic carbocycles. The van der Waals surface area contributed by atoms with Crippen molar-refractivity contribution in [1.82, 2.24) is 10.2 Å². The van der Waals surface area contributed by atoms with Crippen LogP contribution in [0.5, 0.6) is 0 Å². The molecule has 1 fully saturated rings. The number of nitrogens with one attached hydrogen (secondary N) is 1. The van der Waals surface area contributed by atoms with E-state index in [-0.39, 0.29) is 30.4 Å². The molecule has 24 heavy (non-hydrogen) atoms. The summed E-state index contributed by atoms with van der Waals surface area (Å²) in [5.41, 5.74) is 2.90. The Morgan fingerprint density at radius 1 is 1.17 bits per heavy atom. The van der Waals surface area contributed by atoms with E-state index in [0.717, 1.165) is 30.5 Å². The number of rotatable bonds is 8. The summed E-state index contributed by atoms with van der Waals surface area (Å²) in [5.74, 6) is 0.0937. The minimum Gasteiger partial charge on any atom is -0.356 e. The van der Waals surface area contributed by atoms with Crippen molar-refractivity contribution in [3.8, 4) is 0 Å². The van der Waals surface area contributed by atoms with Crippen LogP contribution in [0.3, 0.4) is 0 Å². The Kier molecular flexibility index (Phi) is 6.53. The standard InChI is InChI=1S/C19H26N2O3/c1-14-6-7-16(13-15(14)2)17(22)8-9-18(23)20-10-4-12-21-11-3-5-19(21)24/h6-7,13H,3-5,8-12H2,1-2H3,(H,20,23). The first-order valence-electron chi connectivity index (χ1n) is 8.62. The quantitative estimate of drug-likeness (QED) is 0.588. The number of amides is 2. The average molecular weight is 330 g/mol. The fraction of sp³-hybridized carbons (Fsp3) is 0.526. The highest BCUT2D eigenvalue weighted by Crippen LogP contribution is 2.12. The van der Waals surface area contributed by atoms with Crippen LogP contribution >= 0.6 is 0 Å². The number of carbonyl (C=O) groups excluding carboxylic acids is 3. The highest BCUT2D eigenvalue weighted by molar-refractivity contribution is 5.98. The molecule has 1 N–H and O–H groups in total. The topological polar surface area (TPSA) is 66.5 Å². The molecule has 2 amide bonds. The number of likely N-dealkylation sites (tertiary alicyclic amines) is 1. The second-order valence-electron chi connectivity index (χ2n) is 6.41. The summed E-state index contributed by atoms with van der Waals surface area (Å²) >= 11 is 0. The second-order valence-corrected chi connectivity index (χ2v) is 6.41. The molecule has 1 heterocycles. The lowest BCUT2D eigenvalue weighted by Gasteiger charge is -2.15. The third kappa shape index (κ3) is 5.18. The van der Waals surface area contributed by atoms with Crippen LogP contribution < -0.4 is 5.32 Å². The molecule has 1 aliphatic heterocycles. The maximum absolute atomic E-state index is 12.1. The molecule has 0 atom stereocenters. The molecule has 0 radical (unpaired) electrons. The van der Waals surface area contributed by atoms with Gasteiger partial charge in [0.05, 0.1) is 0 Å². The maximum Gasteiger partial charge on any atom is 0.222 e. The summed E-state index contributed by atoms with van der Waals surface area (Å²) in [5, 5.41) is 2.82. The molecule has 0 aliphatic carbocycles. The largest absolute Gasteiger partial charge is 0.356 e. The summed E-state index contributed by atoms with van der Waals surface area (Å²) in [4.78, 5) is 37.2. The van der Waals surface area contributed by atoms with Crippen LogP contribution in [0, 0.1) is 13.8 Å². The molecule has 5 heteroatoms. The van der Waals surface area contributed by atoms with Gasteiger partial charge in [0.1, 0.15) is 0 Å². The van der Waals surface area contributed by atoms with Crippen molar-refractivity contribution in [2.45, 2.75) is 46.0 Å². The smallest absolute Gasteiger partial charge is 0.222 e. The molecule has 0 saturated carbocycles. The van der Waals surface area contributed by atoms with E-state index >= 15 is 0 Å². The Morgan fingerprint density at radius 3 is 2.62 bits per heavy atom. The van der Waals surface area contributed by atoms with E-state index in [1.54, 1.807) is 0 Å². The summed E-state index contributed by atoms with van der Waals surface area (Å²) in [7, 11) is 0. The van der Waals surface area contributed by atoms with Crippen molar-refractivity contribution in [3.05, 3.63) is 34.9 Å². The molecule has 130 valence electrons. The van der Waals surface area contributed by atoms with Crippen molar-refractivity contribution >= 4 is 17.6 Å². The molecule has 5 nitrogen and oxygen atoms in total. The molecule has 2 rings (SSSR count). The van der Waals surface area contributed by atoms with Crippen molar-refractivity contribution < 1.29 is 14.4 Å². The number of benzene rings is 1. The first kappa shape index (κ1) is 18.2. The first-order valence-corrected chi connectivity index (χ1v) is 8.62. The molecule has 1 aliphatic rings. The van der Waals surface area contributed by atoms with Crippen LogP contribution in [0.15, 0.2) is 18.2 Å². The summed E-state index contributed by atoms with van der Waals surface area (Å²) in [6.07, 6.45) is 2.76. The molecule has 0 bridgehead atoms. The van der Waals surface area contributed by atoms with Crippen LogP contribution in [-0.2, 0) is 9.59 Å². The minimum absolute atomic E-state index is 0.00378. The fourth-order valence-electron chi connectivity index (χ4n) is 2.81. The summed E-state index contributed by atoms with van der Waals surface area (Å²) < 4.78 is 0. The Labute approximate surface area is 143 Å². The third-order valence-electron chi connectivity index (χ3n) is 4.51. The zero-order valence-corrected chi connectivity index (χ0v) is 14.6. The lowest BCUT2D eigenvalue weighted by atomic mass is 10.0. The Balaban J connectivity index is 1.64. The van der Waals surface area contributed by atoms with Crippen LogP contribution in [0.4, 0.5) is 0 Å². The normalized spacial score (nSPS) is 14.1. The van der Waals surface area contributed by atoms with Gasteiger partial charge in [-0.3, -0.25) is 14.4 Å². The predicted octanol–water partition coefficient (Wildman–Crippen LogP) is 2.40. The van der Waals surface area contributed by atoms with Gasteiger partial charge in [0, 0.05) is 44.5 Å². The SMILES string of the molecule is Cc1ccc(C(=O)CCC(=O)NCCCN2CCCC2=O)cc1C. The van der Waals surface area contributed by atoms with E-state index in [4.69, 9.17) is 0 Å². The van der Waals surface area contributed by atoms with Crippen molar-refractivity contribution in [1.29, 1.82) is 0 Å². The van der Waals surface area contributed by atoms with Gasteiger partial charge >= 0.3 is 0 Å². The van der Waals surface area contributed by atoms with Gasteiger partial charge in [-0.15, -0.1) is 0 Å². The molecule has 0 unspecified atom stereocenters. The van der Waals surface area contributed by atoms with Crippen LogP contribution in [-0.4, -0.2) is 42.1 Å². The van der Waals surface area contributed by atoms with Crippen molar-refractivity contribution in [2.24, 2.45) is 0 Å². The molecular weight excluding hydrogens is 304 g/mol. The van der Waals surface area contributed by atoms with Crippen molar-refractivity contribution in [3.63, 3.8) is 0 Å². The highest BCUT2D eigenvalue weighted by Gasteiger charge is 2.19. The zero-order valence-electron chi connectivity index (χ0n) is 14.6. The molecule has 1 saturated heterocycles. The van der Waals surface area contributed by atoms with Gasteiger partial charge < -0.3 is 10.2 Å². The van der Waals surface area contributed by atoms with E-state index in [0.29, 0.717) is 25.1 Å². The van der Waals surface area contributed by atoms with Gasteiger partial charge in [0.15, 0.2) is 5.78 Å². The zero-order chi connectivity index (χ0) is 17.5. The number of nitrogens with zero attached hydrogens (tertiary/aromatic N) is 1.